The highest BCUT2D eigenvalue weighted by Gasteiger charge is 2.28. The number of rotatable bonds is 3. The van der Waals surface area contributed by atoms with E-state index in [4.69, 9.17) is 4.74 Å². The summed E-state index contributed by atoms with van der Waals surface area (Å²) in [5.41, 5.74) is -0.547. The number of Topliss-reactive ketones (excluding diaryl/α,β-unsaturated/α-hetero) is 1. The van der Waals surface area contributed by atoms with Gasteiger partial charge in [-0.05, 0) is 39.2 Å². The van der Waals surface area contributed by atoms with Crippen molar-refractivity contribution in [2.24, 2.45) is 5.92 Å². The maximum Gasteiger partial charge on any atom is 0.152 e. The number of carbonyl (C=O) groups is 1. The van der Waals surface area contributed by atoms with Crippen LogP contribution in [0.4, 0.5) is 0 Å². The van der Waals surface area contributed by atoms with E-state index in [9.17, 15) is 9.90 Å². The van der Waals surface area contributed by atoms with Gasteiger partial charge in [-0.25, -0.2) is 0 Å². The lowest BCUT2D eigenvalue weighted by molar-refractivity contribution is -0.124. The van der Waals surface area contributed by atoms with Gasteiger partial charge in [-0.15, -0.1) is 0 Å². The molecule has 1 N–H and O–H groups in total. The molecule has 0 aromatic heterocycles. The van der Waals surface area contributed by atoms with Crippen LogP contribution in [0.1, 0.15) is 32.6 Å². The first kappa shape index (κ1) is 13.0. The minimum absolute atomic E-state index is 0.110. The highest BCUT2D eigenvalue weighted by molar-refractivity contribution is 5.83. The van der Waals surface area contributed by atoms with Gasteiger partial charge < -0.3 is 9.84 Å². The third kappa shape index (κ3) is 3.76. The van der Waals surface area contributed by atoms with Crippen LogP contribution in [0.25, 0.3) is 0 Å². The minimum Gasteiger partial charge on any atom is -0.390 e. The van der Waals surface area contributed by atoms with E-state index in [0.717, 1.165) is 45.4 Å². The molecule has 0 spiro atoms. The van der Waals surface area contributed by atoms with E-state index < -0.39 is 5.60 Å². The fraction of sp³-hybridized carbons (Fsp3) is 0.923. The van der Waals surface area contributed by atoms with Crippen molar-refractivity contribution in [1.29, 1.82) is 0 Å². The average molecular weight is 241 g/mol. The zero-order valence-electron chi connectivity index (χ0n) is 10.7. The molecule has 98 valence electrons. The molecule has 2 atom stereocenters. The van der Waals surface area contributed by atoms with Gasteiger partial charge in [0, 0.05) is 19.1 Å². The van der Waals surface area contributed by atoms with Crippen molar-refractivity contribution < 1.29 is 14.6 Å². The van der Waals surface area contributed by atoms with Gasteiger partial charge in [0.1, 0.15) is 0 Å². The molecule has 0 radical (unpaired) electrons. The molecule has 4 nitrogen and oxygen atoms in total. The molecule has 0 bridgehead atoms. The van der Waals surface area contributed by atoms with Crippen LogP contribution in [-0.4, -0.2) is 54.2 Å². The summed E-state index contributed by atoms with van der Waals surface area (Å²) in [6.45, 7) is 5.50. The Labute approximate surface area is 103 Å². The number of ether oxygens (including phenoxy) is 1. The fourth-order valence-electron chi connectivity index (χ4n) is 2.62. The lowest BCUT2D eigenvalue weighted by Crippen LogP contribution is -2.35. The molecule has 0 aromatic carbocycles. The predicted molar refractivity (Wildman–Crippen MR) is 64.8 cm³/mol. The number of aliphatic hydroxyl groups is 1. The molecule has 0 saturated carbocycles. The lowest BCUT2D eigenvalue weighted by atomic mass is 9.98. The van der Waals surface area contributed by atoms with Crippen LogP contribution in [0, 0.1) is 5.92 Å². The van der Waals surface area contributed by atoms with Gasteiger partial charge in [-0.3, -0.25) is 9.69 Å². The van der Waals surface area contributed by atoms with Crippen LogP contribution in [0.3, 0.4) is 0 Å². The maximum atomic E-state index is 12.0. The van der Waals surface area contributed by atoms with E-state index in [-0.39, 0.29) is 5.92 Å². The lowest BCUT2D eigenvalue weighted by Gasteiger charge is -2.22. The molecule has 2 rings (SSSR count). The van der Waals surface area contributed by atoms with Crippen molar-refractivity contribution >= 4 is 5.78 Å². The van der Waals surface area contributed by atoms with Gasteiger partial charge in [0.05, 0.1) is 18.8 Å². The Morgan fingerprint density at radius 3 is 3.00 bits per heavy atom. The summed E-state index contributed by atoms with van der Waals surface area (Å²) in [7, 11) is 0. The molecular weight excluding hydrogens is 218 g/mol. The summed E-state index contributed by atoms with van der Waals surface area (Å²) in [5.74, 6) is 0.419. The Bertz CT molecular complexity index is 272. The van der Waals surface area contributed by atoms with Crippen molar-refractivity contribution in [2.75, 3.05) is 32.8 Å². The molecule has 2 unspecified atom stereocenters. The van der Waals surface area contributed by atoms with Crippen LogP contribution in [0.15, 0.2) is 0 Å². The first-order chi connectivity index (χ1) is 8.07. The number of ketones is 1. The van der Waals surface area contributed by atoms with E-state index in [1.54, 1.807) is 0 Å². The van der Waals surface area contributed by atoms with Crippen molar-refractivity contribution in [3.63, 3.8) is 0 Å². The Balaban J connectivity index is 1.80. The van der Waals surface area contributed by atoms with E-state index in [0.29, 0.717) is 18.9 Å². The van der Waals surface area contributed by atoms with Crippen molar-refractivity contribution in [2.45, 2.75) is 38.2 Å². The standard InChI is InChI=1S/C13H23NO3/c1-13(16)4-2-6-14(7-5-13)9-12(15)11-3-8-17-10-11/h11,16H,2-10H2,1H3. The summed E-state index contributed by atoms with van der Waals surface area (Å²) in [5, 5.41) is 9.99. The number of nitrogens with zero attached hydrogens (tertiary/aromatic N) is 1. The molecule has 17 heavy (non-hydrogen) atoms. The normalized spacial score (nSPS) is 35.8. The van der Waals surface area contributed by atoms with Crippen LogP contribution < -0.4 is 0 Å². The third-order valence-corrected chi connectivity index (χ3v) is 3.92. The average Bonchev–Trinajstić information content (AvgIpc) is 2.73. The van der Waals surface area contributed by atoms with Gasteiger partial charge in [0.2, 0.25) is 0 Å². The predicted octanol–water partition coefficient (Wildman–Crippen LogP) is 0.829. The first-order valence-electron chi connectivity index (χ1n) is 6.62. The highest BCUT2D eigenvalue weighted by Crippen LogP contribution is 2.22. The summed E-state index contributed by atoms with van der Waals surface area (Å²) >= 11 is 0. The summed E-state index contributed by atoms with van der Waals surface area (Å²) in [4.78, 5) is 14.2. The molecule has 0 aliphatic carbocycles. The number of carbonyl (C=O) groups excluding carboxylic acids is 1. The maximum absolute atomic E-state index is 12.0. The SMILES string of the molecule is CC1(O)CCCN(CC(=O)C2CCOC2)CC1. The van der Waals surface area contributed by atoms with Crippen molar-refractivity contribution in [3.8, 4) is 0 Å². The van der Waals surface area contributed by atoms with E-state index in [2.05, 4.69) is 4.90 Å². The van der Waals surface area contributed by atoms with Gasteiger partial charge in [-0.2, -0.15) is 0 Å². The fourth-order valence-corrected chi connectivity index (χ4v) is 2.62. The molecular formula is C13H23NO3. The smallest absolute Gasteiger partial charge is 0.152 e. The number of hydrogen-bond acceptors (Lipinski definition) is 4. The highest BCUT2D eigenvalue weighted by atomic mass is 16.5. The molecule has 2 heterocycles. The second-order valence-corrected chi connectivity index (χ2v) is 5.65. The molecule has 2 saturated heterocycles. The van der Waals surface area contributed by atoms with Gasteiger partial charge in [0.25, 0.3) is 0 Å². The quantitative estimate of drug-likeness (QED) is 0.795. The molecule has 2 aliphatic heterocycles. The Morgan fingerprint density at radius 2 is 2.29 bits per heavy atom. The van der Waals surface area contributed by atoms with Gasteiger partial charge in [-0.1, -0.05) is 0 Å². The zero-order chi connectivity index (χ0) is 12.3. The monoisotopic (exact) mass is 241 g/mol. The van der Waals surface area contributed by atoms with Crippen LogP contribution in [0.2, 0.25) is 0 Å². The molecule has 4 heteroatoms. The topological polar surface area (TPSA) is 49.8 Å². The van der Waals surface area contributed by atoms with Gasteiger partial charge in [0.15, 0.2) is 5.78 Å². The number of hydrogen-bond donors (Lipinski definition) is 1. The summed E-state index contributed by atoms with van der Waals surface area (Å²) in [6.07, 6.45) is 3.46. The van der Waals surface area contributed by atoms with Crippen molar-refractivity contribution in [3.05, 3.63) is 0 Å². The minimum atomic E-state index is -0.547. The summed E-state index contributed by atoms with van der Waals surface area (Å²) in [6, 6.07) is 0. The molecule has 2 aliphatic rings. The third-order valence-electron chi connectivity index (χ3n) is 3.92. The van der Waals surface area contributed by atoms with E-state index >= 15 is 0 Å². The Kier molecular flexibility index (Phi) is 4.17. The molecule has 0 aromatic rings. The zero-order valence-corrected chi connectivity index (χ0v) is 10.7. The van der Waals surface area contributed by atoms with E-state index in [1.807, 2.05) is 6.92 Å². The van der Waals surface area contributed by atoms with E-state index in [1.165, 1.54) is 0 Å². The van der Waals surface area contributed by atoms with Crippen LogP contribution in [0.5, 0.6) is 0 Å². The first-order valence-corrected chi connectivity index (χ1v) is 6.62. The van der Waals surface area contributed by atoms with Crippen LogP contribution in [-0.2, 0) is 9.53 Å². The molecule has 2 fully saturated rings. The van der Waals surface area contributed by atoms with Crippen LogP contribution >= 0.6 is 0 Å². The Morgan fingerprint density at radius 1 is 1.47 bits per heavy atom. The largest absolute Gasteiger partial charge is 0.390 e. The second kappa shape index (κ2) is 5.46. The molecule has 0 amide bonds. The summed E-state index contributed by atoms with van der Waals surface area (Å²) < 4.78 is 5.25. The number of likely N-dealkylation sites (tertiary alicyclic amines) is 1. The Hall–Kier alpha value is -0.450. The second-order valence-electron chi connectivity index (χ2n) is 5.65. The van der Waals surface area contributed by atoms with Gasteiger partial charge >= 0.3 is 0 Å². The van der Waals surface area contributed by atoms with Crippen molar-refractivity contribution in [1.82, 2.24) is 4.90 Å².